The molecule has 148 valence electrons. The SMILES string of the molecule is CCNC(=NCC(=O)N(C)C)NCCCCN1CC(C)CC(C)C1.I. The van der Waals surface area contributed by atoms with Gasteiger partial charge in [0.2, 0.25) is 5.91 Å². The van der Waals surface area contributed by atoms with Crippen LogP contribution in [0.4, 0.5) is 0 Å². The Morgan fingerprint density at radius 3 is 2.36 bits per heavy atom. The minimum absolute atomic E-state index is 0. The lowest BCUT2D eigenvalue weighted by atomic mass is 9.92. The van der Waals surface area contributed by atoms with E-state index in [9.17, 15) is 4.79 Å². The Labute approximate surface area is 171 Å². The second kappa shape index (κ2) is 13.6. The number of nitrogens with one attached hydrogen (secondary N) is 2. The first kappa shape index (κ1) is 24.4. The summed E-state index contributed by atoms with van der Waals surface area (Å²) in [5.41, 5.74) is 0. The Morgan fingerprint density at radius 2 is 1.80 bits per heavy atom. The molecule has 1 aliphatic heterocycles. The first-order chi connectivity index (χ1) is 11.4. The van der Waals surface area contributed by atoms with Gasteiger partial charge in [-0.15, -0.1) is 24.0 Å². The number of unbranched alkanes of at least 4 members (excludes halogenated alkanes) is 1. The van der Waals surface area contributed by atoms with Crippen LogP contribution >= 0.6 is 24.0 Å². The van der Waals surface area contributed by atoms with E-state index < -0.39 is 0 Å². The first-order valence-electron chi connectivity index (χ1n) is 9.37. The van der Waals surface area contributed by atoms with Crippen molar-refractivity contribution in [2.45, 2.75) is 40.0 Å². The zero-order valence-electron chi connectivity index (χ0n) is 16.7. The highest BCUT2D eigenvalue weighted by Gasteiger charge is 2.20. The molecule has 2 atom stereocenters. The van der Waals surface area contributed by atoms with Gasteiger partial charge in [0, 0.05) is 40.3 Å². The molecule has 1 rings (SSSR count). The van der Waals surface area contributed by atoms with E-state index in [0.29, 0.717) is 0 Å². The molecule has 0 spiro atoms. The number of likely N-dealkylation sites (N-methyl/N-ethyl adjacent to an activating group) is 1. The Bertz CT molecular complexity index is 393. The number of halogens is 1. The molecule has 2 N–H and O–H groups in total. The van der Waals surface area contributed by atoms with Crippen LogP contribution in [-0.4, -0.2) is 75.0 Å². The highest BCUT2D eigenvalue weighted by Crippen LogP contribution is 2.20. The van der Waals surface area contributed by atoms with Crippen molar-refractivity contribution in [1.82, 2.24) is 20.4 Å². The van der Waals surface area contributed by atoms with Crippen molar-refractivity contribution in [1.29, 1.82) is 0 Å². The average Bonchev–Trinajstić information content (AvgIpc) is 2.50. The Balaban J connectivity index is 0.00000576. The molecule has 1 saturated heterocycles. The number of piperidine rings is 1. The van der Waals surface area contributed by atoms with Gasteiger partial charge in [-0.25, -0.2) is 4.99 Å². The molecule has 6 nitrogen and oxygen atoms in total. The van der Waals surface area contributed by atoms with Gasteiger partial charge in [-0.3, -0.25) is 4.79 Å². The second-order valence-corrected chi connectivity index (χ2v) is 7.32. The lowest BCUT2D eigenvalue weighted by Crippen LogP contribution is -2.40. The number of carbonyl (C=O) groups is 1. The third-order valence-electron chi connectivity index (χ3n) is 4.35. The summed E-state index contributed by atoms with van der Waals surface area (Å²) in [4.78, 5) is 20.1. The number of hydrogen-bond donors (Lipinski definition) is 2. The van der Waals surface area contributed by atoms with Gasteiger partial charge in [0.1, 0.15) is 6.54 Å². The zero-order chi connectivity index (χ0) is 17.9. The van der Waals surface area contributed by atoms with Gasteiger partial charge < -0.3 is 20.4 Å². The predicted octanol–water partition coefficient (Wildman–Crippen LogP) is 2.01. The van der Waals surface area contributed by atoms with Gasteiger partial charge in [0.15, 0.2) is 5.96 Å². The predicted molar refractivity (Wildman–Crippen MR) is 117 cm³/mol. The summed E-state index contributed by atoms with van der Waals surface area (Å²) in [5, 5.41) is 6.51. The summed E-state index contributed by atoms with van der Waals surface area (Å²) in [6, 6.07) is 0. The molecule has 1 fully saturated rings. The van der Waals surface area contributed by atoms with Crippen LogP contribution in [0.5, 0.6) is 0 Å². The van der Waals surface area contributed by atoms with Crippen molar-refractivity contribution in [2.75, 3.05) is 53.4 Å². The number of aliphatic imine (C=N–C) groups is 1. The van der Waals surface area contributed by atoms with Gasteiger partial charge in [-0.05, 0) is 44.6 Å². The Morgan fingerprint density at radius 1 is 1.16 bits per heavy atom. The maximum absolute atomic E-state index is 11.6. The number of carbonyl (C=O) groups excluding carboxylic acids is 1. The van der Waals surface area contributed by atoms with Gasteiger partial charge in [0.05, 0.1) is 0 Å². The molecule has 7 heteroatoms. The largest absolute Gasteiger partial charge is 0.357 e. The van der Waals surface area contributed by atoms with Crippen LogP contribution in [0.2, 0.25) is 0 Å². The quantitative estimate of drug-likeness (QED) is 0.248. The van der Waals surface area contributed by atoms with Gasteiger partial charge >= 0.3 is 0 Å². The molecule has 0 aromatic heterocycles. The molecular formula is C18H38IN5O. The number of nitrogens with zero attached hydrogens (tertiary/aromatic N) is 3. The minimum atomic E-state index is 0. The summed E-state index contributed by atoms with van der Waals surface area (Å²) in [6.07, 6.45) is 3.68. The molecule has 25 heavy (non-hydrogen) atoms. The molecule has 2 unspecified atom stereocenters. The van der Waals surface area contributed by atoms with Crippen molar-refractivity contribution in [3.63, 3.8) is 0 Å². The van der Waals surface area contributed by atoms with Crippen LogP contribution in [0.1, 0.15) is 40.0 Å². The van der Waals surface area contributed by atoms with E-state index in [1.807, 2.05) is 6.92 Å². The zero-order valence-corrected chi connectivity index (χ0v) is 19.0. The number of guanidine groups is 1. The van der Waals surface area contributed by atoms with Crippen molar-refractivity contribution >= 4 is 35.8 Å². The normalized spacial score (nSPS) is 21.4. The summed E-state index contributed by atoms with van der Waals surface area (Å²) >= 11 is 0. The first-order valence-corrected chi connectivity index (χ1v) is 9.37. The van der Waals surface area contributed by atoms with E-state index in [-0.39, 0.29) is 36.4 Å². The van der Waals surface area contributed by atoms with E-state index in [4.69, 9.17) is 0 Å². The molecule has 0 aromatic carbocycles. The van der Waals surface area contributed by atoms with Crippen LogP contribution in [0.25, 0.3) is 0 Å². The van der Waals surface area contributed by atoms with E-state index in [1.165, 1.54) is 32.5 Å². The summed E-state index contributed by atoms with van der Waals surface area (Å²) in [6.45, 7) is 12.3. The molecule has 0 aromatic rings. The van der Waals surface area contributed by atoms with Crippen LogP contribution in [0, 0.1) is 11.8 Å². The molecule has 0 radical (unpaired) electrons. The van der Waals surface area contributed by atoms with Crippen LogP contribution in [0.15, 0.2) is 4.99 Å². The molecule has 1 heterocycles. The van der Waals surface area contributed by atoms with Crippen LogP contribution < -0.4 is 10.6 Å². The van der Waals surface area contributed by atoms with E-state index in [1.54, 1.807) is 19.0 Å². The summed E-state index contributed by atoms with van der Waals surface area (Å²) < 4.78 is 0. The molecular weight excluding hydrogens is 429 g/mol. The summed E-state index contributed by atoms with van der Waals surface area (Å²) in [7, 11) is 3.50. The number of rotatable bonds is 8. The third-order valence-corrected chi connectivity index (χ3v) is 4.35. The standard InChI is InChI=1S/C18H37N5O.HI/c1-6-19-18(21-12-17(24)22(4)5)20-9-7-8-10-23-13-15(2)11-16(3)14-23;/h15-16H,6-14H2,1-5H3,(H2,19,20,21);1H. The smallest absolute Gasteiger partial charge is 0.243 e. The second-order valence-electron chi connectivity index (χ2n) is 7.32. The molecule has 1 aliphatic rings. The average molecular weight is 467 g/mol. The lowest BCUT2D eigenvalue weighted by molar-refractivity contribution is -0.127. The Hall–Kier alpha value is -0.570. The highest BCUT2D eigenvalue weighted by molar-refractivity contribution is 14.0. The van der Waals surface area contributed by atoms with E-state index in [2.05, 4.69) is 34.4 Å². The molecule has 0 aliphatic carbocycles. The third kappa shape index (κ3) is 10.9. The fourth-order valence-electron chi connectivity index (χ4n) is 3.27. The number of amides is 1. The lowest BCUT2D eigenvalue weighted by Gasteiger charge is -2.34. The number of likely N-dealkylation sites (tertiary alicyclic amines) is 1. The molecule has 0 saturated carbocycles. The summed E-state index contributed by atoms with van der Waals surface area (Å²) in [5.74, 6) is 2.40. The van der Waals surface area contributed by atoms with Crippen molar-refractivity contribution in [3.05, 3.63) is 0 Å². The van der Waals surface area contributed by atoms with Crippen LogP contribution in [-0.2, 0) is 4.79 Å². The van der Waals surface area contributed by atoms with Crippen molar-refractivity contribution in [2.24, 2.45) is 16.8 Å². The maximum Gasteiger partial charge on any atom is 0.243 e. The number of hydrogen-bond acceptors (Lipinski definition) is 3. The van der Waals surface area contributed by atoms with Crippen molar-refractivity contribution < 1.29 is 4.79 Å². The van der Waals surface area contributed by atoms with Crippen molar-refractivity contribution in [3.8, 4) is 0 Å². The molecule has 0 bridgehead atoms. The van der Waals surface area contributed by atoms with Gasteiger partial charge in [-0.2, -0.15) is 0 Å². The van der Waals surface area contributed by atoms with E-state index in [0.717, 1.165) is 37.3 Å². The Kier molecular flexibility index (Phi) is 13.3. The topological polar surface area (TPSA) is 60.0 Å². The minimum Gasteiger partial charge on any atom is -0.357 e. The fraction of sp³-hybridized carbons (Fsp3) is 0.889. The highest BCUT2D eigenvalue weighted by atomic mass is 127. The van der Waals surface area contributed by atoms with Crippen LogP contribution in [0.3, 0.4) is 0 Å². The maximum atomic E-state index is 11.6. The van der Waals surface area contributed by atoms with Gasteiger partial charge in [-0.1, -0.05) is 13.8 Å². The molecule has 1 amide bonds. The van der Waals surface area contributed by atoms with Gasteiger partial charge in [0.25, 0.3) is 0 Å². The van der Waals surface area contributed by atoms with E-state index >= 15 is 0 Å². The monoisotopic (exact) mass is 467 g/mol. The fourth-order valence-corrected chi connectivity index (χ4v) is 3.27.